The molecule has 4 aromatic rings. The Bertz CT molecular complexity index is 1280. The lowest BCUT2D eigenvalue weighted by Crippen LogP contribution is -2.42. The molecule has 0 unspecified atom stereocenters. The molecule has 0 bridgehead atoms. The Kier molecular flexibility index (Phi) is 4.75. The van der Waals surface area contributed by atoms with Gasteiger partial charge in [-0.15, -0.1) is 0 Å². The summed E-state index contributed by atoms with van der Waals surface area (Å²) in [4.78, 5) is 0. The van der Waals surface area contributed by atoms with Crippen LogP contribution in [0.25, 0.3) is 44.5 Å². The SMILES string of the molecule is CC(C)c1ccc2c(c1[Si](C)(C)C)-c1ccccc1-c1ccccc1-c1ccccc1-2. The average Bonchev–Trinajstić information content (AvgIpc) is 2.76. The summed E-state index contributed by atoms with van der Waals surface area (Å²) in [6, 6.07) is 31.7. The molecule has 0 heterocycles. The van der Waals surface area contributed by atoms with E-state index in [9.17, 15) is 0 Å². The summed E-state index contributed by atoms with van der Waals surface area (Å²) >= 11 is 0. The summed E-state index contributed by atoms with van der Waals surface area (Å²) in [6.07, 6.45) is 0. The van der Waals surface area contributed by atoms with Crippen molar-refractivity contribution in [2.45, 2.75) is 39.4 Å². The van der Waals surface area contributed by atoms with Gasteiger partial charge in [-0.25, -0.2) is 0 Å². The lowest BCUT2D eigenvalue weighted by atomic mass is 9.80. The average molecular weight is 419 g/mol. The summed E-state index contributed by atoms with van der Waals surface area (Å²) in [5.41, 5.74) is 12.4. The van der Waals surface area contributed by atoms with Gasteiger partial charge in [-0.3, -0.25) is 0 Å². The van der Waals surface area contributed by atoms with Gasteiger partial charge in [0.25, 0.3) is 0 Å². The van der Waals surface area contributed by atoms with Crippen LogP contribution in [0.1, 0.15) is 25.3 Å². The van der Waals surface area contributed by atoms with E-state index in [0.29, 0.717) is 5.92 Å². The molecule has 0 amide bonds. The monoisotopic (exact) mass is 418 g/mol. The summed E-state index contributed by atoms with van der Waals surface area (Å²) in [5, 5.41) is 1.61. The molecule has 5 rings (SSSR count). The van der Waals surface area contributed by atoms with Crippen molar-refractivity contribution in [3.63, 3.8) is 0 Å². The van der Waals surface area contributed by atoms with Gasteiger partial charge in [-0.1, -0.05) is 118 Å². The third-order valence-corrected chi connectivity index (χ3v) is 8.57. The fraction of sp³-hybridized carbons (Fsp3) is 0.200. The van der Waals surface area contributed by atoms with E-state index in [0.717, 1.165) is 0 Å². The predicted molar refractivity (Wildman–Crippen MR) is 139 cm³/mol. The topological polar surface area (TPSA) is 0 Å². The van der Waals surface area contributed by atoms with E-state index in [1.165, 1.54) is 50.1 Å². The van der Waals surface area contributed by atoms with E-state index in [2.05, 4.69) is 118 Å². The van der Waals surface area contributed by atoms with Crippen LogP contribution >= 0.6 is 0 Å². The van der Waals surface area contributed by atoms with Gasteiger partial charge in [0.1, 0.15) is 0 Å². The molecule has 1 aliphatic rings. The van der Waals surface area contributed by atoms with Crippen molar-refractivity contribution in [2.24, 2.45) is 0 Å². The molecule has 0 aromatic heterocycles. The molecule has 0 saturated carbocycles. The fourth-order valence-electron chi connectivity index (χ4n) is 5.25. The van der Waals surface area contributed by atoms with Crippen LogP contribution in [0.4, 0.5) is 0 Å². The van der Waals surface area contributed by atoms with Gasteiger partial charge in [-0.2, -0.15) is 0 Å². The Morgan fingerprint density at radius 1 is 0.484 bits per heavy atom. The Morgan fingerprint density at radius 3 is 1.29 bits per heavy atom. The highest BCUT2D eigenvalue weighted by molar-refractivity contribution is 6.90. The third kappa shape index (κ3) is 3.19. The van der Waals surface area contributed by atoms with Crippen molar-refractivity contribution < 1.29 is 0 Å². The highest BCUT2D eigenvalue weighted by Gasteiger charge is 2.30. The van der Waals surface area contributed by atoms with E-state index in [1.54, 1.807) is 5.19 Å². The van der Waals surface area contributed by atoms with E-state index in [-0.39, 0.29) is 0 Å². The van der Waals surface area contributed by atoms with Crippen LogP contribution in [0.15, 0.2) is 84.9 Å². The second-order valence-corrected chi connectivity index (χ2v) is 15.0. The van der Waals surface area contributed by atoms with Crippen LogP contribution in [0.3, 0.4) is 0 Å². The van der Waals surface area contributed by atoms with E-state index >= 15 is 0 Å². The second-order valence-electron chi connectivity index (χ2n) is 9.99. The Morgan fingerprint density at radius 2 is 0.871 bits per heavy atom. The zero-order valence-corrected chi connectivity index (χ0v) is 20.2. The van der Waals surface area contributed by atoms with Gasteiger partial charge < -0.3 is 0 Å². The minimum Gasteiger partial charge on any atom is -0.0656 e. The maximum Gasteiger partial charge on any atom is 0.0788 e. The van der Waals surface area contributed by atoms with Crippen molar-refractivity contribution in [3.8, 4) is 44.5 Å². The lowest BCUT2D eigenvalue weighted by Gasteiger charge is -2.32. The summed E-state index contributed by atoms with van der Waals surface area (Å²) in [5.74, 6) is 0.507. The predicted octanol–water partition coefficient (Wildman–Crippen LogP) is 8.34. The van der Waals surface area contributed by atoms with Crippen LogP contribution in [0.5, 0.6) is 0 Å². The van der Waals surface area contributed by atoms with Crippen molar-refractivity contribution in [1.82, 2.24) is 0 Å². The van der Waals surface area contributed by atoms with Crippen LogP contribution in [-0.4, -0.2) is 8.07 Å². The van der Waals surface area contributed by atoms with E-state index in [1.807, 2.05) is 0 Å². The highest BCUT2D eigenvalue weighted by Crippen LogP contribution is 2.47. The second kappa shape index (κ2) is 7.35. The third-order valence-electron chi connectivity index (χ3n) is 6.53. The molecule has 31 heavy (non-hydrogen) atoms. The molecule has 0 radical (unpaired) electrons. The van der Waals surface area contributed by atoms with Gasteiger partial charge in [0.2, 0.25) is 0 Å². The fourth-order valence-corrected chi connectivity index (χ4v) is 7.51. The number of hydrogen-bond acceptors (Lipinski definition) is 0. The number of fused-ring (bicyclic) bond motifs is 8. The van der Waals surface area contributed by atoms with E-state index in [4.69, 9.17) is 0 Å². The molecule has 0 spiro atoms. The standard InChI is InChI=1S/C30H30Si/c1-20(2)21-18-19-28-26-16-9-8-14-24(26)22-12-6-7-13-23(22)25-15-10-11-17-27(25)29(28)30(21)31(3,4)5/h6-20H,1-5H3. The van der Waals surface area contributed by atoms with Gasteiger partial charge in [0.05, 0.1) is 8.07 Å². The Hall–Kier alpha value is -2.90. The molecule has 1 heteroatoms. The lowest BCUT2D eigenvalue weighted by molar-refractivity contribution is 0.873. The molecule has 0 nitrogen and oxygen atoms in total. The van der Waals surface area contributed by atoms with Crippen LogP contribution in [0, 0.1) is 0 Å². The first-order valence-electron chi connectivity index (χ1n) is 11.3. The number of rotatable bonds is 2. The molecular weight excluding hydrogens is 388 g/mol. The van der Waals surface area contributed by atoms with Gasteiger partial charge in [-0.05, 0) is 61.2 Å². The van der Waals surface area contributed by atoms with E-state index < -0.39 is 8.07 Å². The molecule has 1 aliphatic carbocycles. The summed E-state index contributed by atoms with van der Waals surface area (Å²) in [7, 11) is -1.64. The van der Waals surface area contributed by atoms with Crippen molar-refractivity contribution in [3.05, 3.63) is 90.5 Å². The molecular formula is C30H30Si. The zero-order valence-electron chi connectivity index (χ0n) is 19.2. The Balaban J connectivity index is 2.04. The van der Waals surface area contributed by atoms with Crippen LogP contribution < -0.4 is 5.19 Å². The zero-order chi connectivity index (χ0) is 21.8. The molecule has 0 atom stereocenters. The summed E-state index contributed by atoms with van der Waals surface area (Å²) in [6.45, 7) is 12.2. The maximum absolute atomic E-state index is 2.50. The molecule has 0 fully saturated rings. The molecule has 154 valence electrons. The highest BCUT2D eigenvalue weighted by atomic mass is 28.3. The largest absolute Gasteiger partial charge is 0.0788 e. The maximum atomic E-state index is 2.50. The first kappa shape index (κ1) is 20.0. The first-order chi connectivity index (χ1) is 14.9. The number of benzene rings is 4. The van der Waals surface area contributed by atoms with Crippen LogP contribution in [0.2, 0.25) is 19.6 Å². The molecule has 0 saturated heterocycles. The van der Waals surface area contributed by atoms with Gasteiger partial charge in [0.15, 0.2) is 0 Å². The Labute approximate surface area is 187 Å². The van der Waals surface area contributed by atoms with Crippen molar-refractivity contribution >= 4 is 13.3 Å². The molecule has 0 aliphatic heterocycles. The normalized spacial score (nSPS) is 12.3. The van der Waals surface area contributed by atoms with Gasteiger partial charge in [0, 0.05) is 0 Å². The quantitative estimate of drug-likeness (QED) is 0.253. The molecule has 0 N–H and O–H groups in total. The van der Waals surface area contributed by atoms with Crippen LogP contribution in [-0.2, 0) is 0 Å². The first-order valence-corrected chi connectivity index (χ1v) is 14.8. The number of hydrogen-bond donors (Lipinski definition) is 0. The minimum absolute atomic E-state index is 0.507. The molecule has 4 aromatic carbocycles. The summed E-state index contributed by atoms with van der Waals surface area (Å²) < 4.78 is 0. The minimum atomic E-state index is -1.64. The van der Waals surface area contributed by atoms with Crippen molar-refractivity contribution in [2.75, 3.05) is 0 Å². The smallest absolute Gasteiger partial charge is 0.0656 e. The van der Waals surface area contributed by atoms with Crippen molar-refractivity contribution in [1.29, 1.82) is 0 Å². The van der Waals surface area contributed by atoms with Gasteiger partial charge >= 0.3 is 0 Å².